The highest BCUT2D eigenvalue weighted by Crippen LogP contribution is 1.88. The molecular formula is C8H18O5. The molecule has 0 bridgehead atoms. The molecule has 0 rings (SSSR count). The Morgan fingerprint density at radius 3 is 1.69 bits per heavy atom. The predicted molar refractivity (Wildman–Crippen MR) is 47.6 cm³/mol. The molecule has 0 aromatic rings. The molecule has 0 saturated carbocycles. The van der Waals surface area contributed by atoms with Gasteiger partial charge in [-0.25, -0.2) is 0 Å². The second-order valence-corrected chi connectivity index (χ2v) is 1.98. The van der Waals surface area contributed by atoms with Gasteiger partial charge in [0.25, 0.3) is 0 Å². The lowest BCUT2D eigenvalue weighted by molar-refractivity contribution is -0.133. The minimum Gasteiger partial charge on any atom is -0.379 e. The molecule has 0 aliphatic heterocycles. The summed E-state index contributed by atoms with van der Waals surface area (Å²) in [5.41, 5.74) is 0. The van der Waals surface area contributed by atoms with Gasteiger partial charge in [0.15, 0.2) is 6.29 Å². The Labute approximate surface area is 78.9 Å². The molecule has 0 atom stereocenters. The quantitative estimate of drug-likeness (QED) is 0.443. The first kappa shape index (κ1) is 15.0. The molecule has 5 nitrogen and oxygen atoms in total. The smallest absolute Gasteiger partial charge is 0.180 e. The topological polar surface area (TPSA) is 54.0 Å². The van der Waals surface area contributed by atoms with Crippen LogP contribution in [0.3, 0.4) is 0 Å². The standard InChI is InChI=1S/C5H12O3.C3H6O2/c1-6-4-5(7-2)8-3;1-5-3-2-4/h5H,4H2,1-3H3;2H,3H2,1H3. The highest BCUT2D eigenvalue weighted by atomic mass is 16.7. The maximum atomic E-state index is 9.28. The number of ether oxygens (including phenoxy) is 4. The van der Waals surface area contributed by atoms with Gasteiger partial charge in [0.1, 0.15) is 12.9 Å². The third-order valence-electron chi connectivity index (χ3n) is 1.06. The number of hydrogen-bond donors (Lipinski definition) is 0. The SMILES string of the molecule is COCC(OC)OC.COCC=O. The van der Waals surface area contributed by atoms with Crippen LogP contribution in [0, 0.1) is 0 Å². The molecule has 5 heteroatoms. The number of aldehydes is 1. The summed E-state index contributed by atoms with van der Waals surface area (Å²) in [5, 5.41) is 0. The molecular weight excluding hydrogens is 176 g/mol. The average molecular weight is 194 g/mol. The van der Waals surface area contributed by atoms with Crippen LogP contribution in [-0.2, 0) is 23.7 Å². The second-order valence-electron chi connectivity index (χ2n) is 1.98. The molecule has 0 radical (unpaired) electrons. The Morgan fingerprint density at radius 1 is 1.08 bits per heavy atom. The van der Waals surface area contributed by atoms with Crippen LogP contribution in [0.25, 0.3) is 0 Å². The molecule has 0 heterocycles. The van der Waals surface area contributed by atoms with E-state index in [-0.39, 0.29) is 12.9 Å². The van der Waals surface area contributed by atoms with Gasteiger partial charge in [0, 0.05) is 28.4 Å². The Balaban J connectivity index is 0. The van der Waals surface area contributed by atoms with Crippen molar-refractivity contribution in [2.24, 2.45) is 0 Å². The van der Waals surface area contributed by atoms with Crippen molar-refractivity contribution in [3.63, 3.8) is 0 Å². The molecule has 13 heavy (non-hydrogen) atoms. The Kier molecular flexibility index (Phi) is 16.2. The summed E-state index contributed by atoms with van der Waals surface area (Å²) in [4.78, 5) is 9.28. The lowest BCUT2D eigenvalue weighted by Crippen LogP contribution is -2.18. The van der Waals surface area contributed by atoms with Crippen molar-refractivity contribution in [3.8, 4) is 0 Å². The van der Waals surface area contributed by atoms with Crippen molar-refractivity contribution >= 4 is 6.29 Å². The monoisotopic (exact) mass is 194 g/mol. The fourth-order valence-electron chi connectivity index (χ4n) is 0.436. The van der Waals surface area contributed by atoms with E-state index < -0.39 is 0 Å². The third-order valence-corrected chi connectivity index (χ3v) is 1.06. The van der Waals surface area contributed by atoms with Gasteiger partial charge < -0.3 is 23.7 Å². The van der Waals surface area contributed by atoms with Crippen molar-refractivity contribution in [1.82, 2.24) is 0 Å². The molecule has 0 unspecified atom stereocenters. The molecule has 0 fully saturated rings. The van der Waals surface area contributed by atoms with Gasteiger partial charge in [-0.1, -0.05) is 0 Å². The number of methoxy groups -OCH3 is 4. The van der Waals surface area contributed by atoms with Crippen LogP contribution in [-0.4, -0.2) is 54.2 Å². The van der Waals surface area contributed by atoms with Crippen molar-refractivity contribution in [1.29, 1.82) is 0 Å². The first-order valence-corrected chi connectivity index (χ1v) is 3.73. The molecule has 0 amide bonds. The summed E-state index contributed by atoms with van der Waals surface area (Å²) in [6.45, 7) is 0.688. The van der Waals surface area contributed by atoms with Gasteiger partial charge >= 0.3 is 0 Å². The molecule has 0 N–H and O–H groups in total. The van der Waals surface area contributed by atoms with Gasteiger partial charge in [-0.3, -0.25) is 0 Å². The van der Waals surface area contributed by atoms with E-state index in [1.165, 1.54) is 7.11 Å². The summed E-state index contributed by atoms with van der Waals surface area (Å²) < 4.78 is 18.6. The zero-order chi connectivity index (χ0) is 10.5. The highest BCUT2D eigenvalue weighted by molar-refractivity contribution is 5.50. The molecule has 0 aromatic carbocycles. The number of carbonyl (C=O) groups excluding carboxylic acids is 1. The maximum absolute atomic E-state index is 9.28. The first-order valence-electron chi connectivity index (χ1n) is 3.73. The van der Waals surface area contributed by atoms with Crippen molar-refractivity contribution in [2.75, 3.05) is 41.7 Å². The molecule has 0 saturated heterocycles. The van der Waals surface area contributed by atoms with E-state index in [1.807, 2.05) is 0 Å². The predicted octanol–water partition coefficient (Wildman–Crippen LogP) is 0.0834. The lowest BCUT2D eigenvalue weighted by atomic mass is 10.7. The number of rotatable bonds is 6. The van der Waals surface area contributed by atoms with E-state index in [0.717, 1.165) is 0 Å². The largest absolute Gasteiger partial charge is 0.379 e. The zero-order valence-corrected chi connectivity index (χ0v) is 8.61. The van der Waals surface area contributed by atoms with Crippen molar-refractivity contribution in [2.45, 2.75) is 6.29 Å². The number of carbonyl (C=O) groups is 1. The van der Waals surface area contributed by atoms with Crippen molar-refractivity contribution < 1.29 is 23.7 Å². The first-order chi connectivity index (χ1) is 6.26. The van der Waals surface area contributed by atoms with Gasteiger partial charge in [-0.2, -0.15) is 0 Å². The fourth-order valence-corrected chi connectivity index (χ4v) is 0.436. The molecule has 0 aliphatic carbocycles. The van der Waals surface area contributed by atoms with Gasteiger partial charge in [-0.15, -0.1) is 0 Å². The van der Waals surface area contributed by atoms with E-state index in [0.29, 0.717) is 12.9 Å². The lowest BCUT2D eigenvalue weighted by Gasteiger charge is -2.10. The van der Waals surface area contributed by atoms with E-state index in [4.69, 9.17) is 14.2 Å². The summed E-state index contributed by atoms with van der Waals surface area (Å²) in [6.07, 6.45) is 0.486. The average Bonchev–Trinajstić information content (AvgIpc) is 2.16. The molecule has 0 spiro atoms. The van der Waals surface area contributed by atoms with Crippen LogP contribution in [0.15, 0.2) is 0 Å². The minimum atomic E-state index is -0.222. The summed E-state index contributed by atoms with van der Waals surface area (Å²) in [5.74, 6) is 0. The zero-order valence-electron chi connectivity index (χ0n) is 8.61. The van der Waals surface area contributed by atoms with Crippen LogP contribution in [0.5, 0.6) is 0 Å². The van der Waals surface area contributed by atoms with Crippen LogP contribution < -0.4 is 0 Å². The summed E-state index contributed by atoms with van der Waals surface area (Å²) in [6, 6.07) is 0. The van der Waals surface area contributed by atoms with Crippen molar-refractivity contribution in [3.05, 3.63) is 0 Å². The van der Waals surface area contributed by atoms with Crippen LogP contribution >= 0.6 is 0 Å². The molecule has 80 valence electrons. The highest BCUT2D eigenvalue weighted by Gasteiger charge is 2.00. The van der Waals surface area contributed by atoms with Crippen LogP contribution in [0.4, 0.5) is 0 Å². The molecule has 0 aromatic heterocycles. The summed E-state index contributed by atoms with van der Waals surface area (Å²) >= 11 is 0. The van der Waals surface area contributed by atoms with Gasteiger partial charge in [0.2, 0.25) is 0 Å². The molecule has 0 aliphatic rings. The van der Waals surface area contributed by atoms with Gasteiger partial charge in [-0.05, 0) is 0 Å². The Bertz CT molecular complexity index is 92.5. The minimum absolute atomic E-state index is 0.208. The van der Waals surface area contributed by atoms with Crippen LogP contribution in [0.2, 0.25) is 0 Å². The maximum Gasteiger partial charge on any atom is 0.180 e. The number of hydrogen-bond acceptors (Lipinski definition) is 5. The fraction of sp³-hybridized carbons (Fsp3) is 0.875. The van der Waals surface area contributed by atoms with E-state index in [9.17, 15) is 4.79 Å². The Morgan fingerprint density at radius 2 is 1.62 bits per heavy atom. The third kappa shape index (κ3) is 14.4. The second kappa shape index (κ2) is 14.1. The van der Waals surface area contributed by atoms with Crippen LogP contribution in [0.1, 0.15) is 0 Å². The Hall–Kier alpha value is -0.490. The van der Waals surface area contributed by atoms with E-state index in [2.05, 4.69) is 4.74 Å². The van der Waals surface area contributed by atoms with E-state index in [1.54, 1.807) is 21.3 Å². The summed E-state index contributed by atoms with van der Waals surface area (Å²) in [7, 11) is 6.24. The normalized spacial score (nSPS) is 9.31. The van der Waals surface area contributed by atoms with E-state index >= 15 is 0 Å². The van der Waals surface area contributed by atoms with Gasteiger partial charge in [0.05, 0.1) is 6.61 Å².